The van der Waals surface area contributed by atoms with Crippen LogP contribution < -0.4 is 10.6 Å². The van der Waals surface area contributed by atoms with E-state index in [1.165, 1.54) is 11.1 Å². The Bertz CT molecular complexity index is 860. The van der Waals surface area contributed by atoms with Crippen molar-refractivity contribution in [3.05, 3.63) is 65.8 Å². The number of rotatable bonds is 6. The van der Waals surface area contributed by atoms with Crippen molar-refractivity contribution in [3.8, 4) is 11.5 Å². The van der Waals surface area contributed by atoms with Crippen LogP contribution in [0.2, 0.25) is 0 Å². The molecule has 26 heavy (non-hydrogen) atoms. The SMILES string of the molecule is CCNC(=NCc1ccn(C)c1)NCc1coc(-c2ccc(C)cc2)n1. The van der Waals surface area contributed by atoms with E-state index in [4.69, 9.17) is 4.42 Å². The number of aromatic nitrogens is 2. The van der Waals surface area contributed by atoms with Gasteiger partial charge in [0.25, 0.3) is 0 Å². The zero-order valence-electron chi connectivity index (χ0n) is 15.5. The predicted molar refractivity (Wildman–Crippen MR) is 104 cm³/mol. The lowest BCUT2D eigenvalue weighted by Gasteiger charge is -2.09. The number of guanidine groups is 1. The van der Waals surface area contributed by atoms with Crippen molar-refractivity contribution < 1.29 is 4.42 Å². The molecule has 6 heteroatoms. The molecule has 0 spiro atoms. The van der Waals surface area contributed by atoms with Gasteiger partial charge in [-0.25, -0.2) is 9.98 Å². The largest absolute Gasteiger partial charge is 0.444 e. The topological polar surface area (TPSA) is 67.4 Å². The van der Waals surface area contributed by atoms with Crippen molar-refractivity contribution in [1.29, 1.82) is 0 Å². The Kier molecular flexibility index (Phi) is 5.73. The Labute approximate surface area is 154 Å². The predicted octanol–water partition coefficient (Wildman–Crippen LogP) is 3.24. The Hall–Kier alpha value is -3.02. The van der Waals surface area contributed by atoms with E-state index in [2.05, 4.69) is 51.9 Å². The van der Waals surface area contributed by atoms with Crippen molar-refractivity contribution in [2.24, 2.45) is 12.0 Å². The van der Waals surface area contributed by atoms with Gasteiger partial charge in [0.1, 0.15) is 6.26 Å². The fourth-order valence-corrected chi connectivity index (χ4v) is 2.56. The molecule has 2 aromatic heterocycles. The van der Waals surface area contributed by atoms with Crippen LogP contribution in [0, 0.1) is 6.92 Å². The van der Waals surface area contributed by atoms with Crippen LogP contribution >= 0.6 is 0 Å². The van der Waals surface area contributed by atoms with Crippen molar-refractivity contribution in [2.75, 3.05) is 6.54 Å². The summed E-state index contributed by atoms with van der Waals surface area (Å²) in [5, 5.41) is 6.55. The van der Waals surface area contributed by atoms with Gasteiger partial charge < -0.3 is 19.6 Å². The molecule has 1 aromatic carbocycles. The molecule has 0 aliphatic rings. The van der Waals surface area contributed by atoms with Gasteiger partial charge in [-0.3, -0.25) is 0 Å². The second-order valence-corrected chi connectivity index (χ2v) is 6.24. The summed E-state index contributed by atoms with van der Waals surface area (Å²) >= 11 is 0. The molecule has 0 radical (unpaired) electrons. The van der Waals surface area contributed by atoms with Crippen LogP contribution in [0.3, 0.4) is 0 Å². The number of nitrogens with one attached hydrogen (secondary N) is 2. The molecule has 0 saturated heterocycles. The van der Waals surface area contributed by atoms with E-state index in [9.17, 15) is 0 Å². The molecular formula is C20H25N5O. The Balaban J connectivity index is 1.61. The maximum Gasteiger partial charge on any atom is 0.226 e. The third-order valence-corrected chi connectivity index (χ3v) is 3.94. The lowest BCUT2D eigenvalue weighted by Crippen LogP contribution is -2.36. The highest BCUT2D eigenvalue weighted by Gasteiger charge is 2.07. The maximum absolute atomic E-state index is 5.60. The van der Waals surface area contributed by atoms with Crippen LogP contribution in [-0.2, 0) is 20.1 Å². The van der Waals surface area contributed by atoms with E-state index in [0.717, 1.165) is 23.8 Å². The molecule has 0 aliphatic carbocycles. The van der Waals surface area contributed by atoms with Gasteiger partial charge in [-0.2, -0.15) is 0 Å². The van der Waals surface area contributed by atoms with Crippen LogP contribution in [0.5, 0.6) is 0 Å². The Morgan fingerprint density at radius 2 is 2.00 bits per heavy atom. The van der Waals surface area contributed by atoms with E-state index in [0.29, 0.717) is 19.0 Å². The minimum atomic E-state index is 0.552. The summed E-state index contributed by atoms with van der Waals surface area (Å²) in [6, 6.07) is 10.2. The zero-order chi connectivity index (χ0) is 18.4. The Morgan fingerprint density at radius 3 is 2.69 bits per heavy atom. The first-order chi connectivity index (χ1) is 12.6. The molecule has 136 valence electrons. The van der Waals surface area contributed by atoms with Gasteiger partial charge in [0.2, 0.25) is 5.89 Å². The first-order valence-electron chi connectivity index (χ1n) is 8.78. The maximum atomic E-state index is 5.60. The summed E-state index contributed by atoms with van der Waals surface area (Å²) in [6.07, 6.45) is 5.77. The number of oxazole rings is 1. The number of hydrogen-bond acceptors (Lipinski definition) is 3. The van der Waals surface area contributed by atoms with Gasteiger partial charge in [0.15, 0.2) is 5.96 Å². The smallest absolute Gasteiger partial charge is 0.226 e. The summed E-state index contributed by atoms with van der Waals surface area (Å²) in [4.78, 5) is 9.16. The summed E-state index contributed by atoms with van der Waals surface area (Å²) < 4.78 is 7.62. The lowest BCUT2D eigenvalue weighted by atomic mass is 10.1. The van der Waals surface area contributed by atoms with Crippen LogP contribution in [0.1, 0.15) is 23.7 Å². The lowest BCUT2D eigenvalue weighted by molar-refractivity contribution is 0.572. The van der Waals surface area contributed by atoms with E-state index in [1.807, 2.05) is 36.9 Å². The highest BCUT2D eigenvalue weighted by atomic mass is 16.3. The van der Waals surface area contributed by atoms with Crippen LogP contribution in [-0.4, -0.2) is 22.1 Å². The van der Waals surface area contributed by atoms with Crippen molar-refractivity contribution in [2.45, 2.75) is 26.9 Å². The summed E-state index contributed by atoms with van der Waals surface area (Å²) in [5.41, 5.74) is 4.21. The van der Waals surface area contributed by atoms with Gasteiger partial charge in [0.05, 0.1) is 18.8 Å². The quantitative estimate of drug-likeness (QED) is 0.528. The minimum Gasteiger partial charge on any atom is -0.444 e. The number of hydrogen-bond donors (Lipinski definition) is 2. The first-order valence-corrected chi connectivity index (χ1v) is 8.78. The third-order valence-electron chi connectivity index (χ3n) is 3.94. The van der Waals surface area contributed by atoms with Crippen molar-refractivity contribution >= 4 is 5.96 Å². The van der Waals surface area contributed by atoms with Crippen LogP contribution in [0.25, 0.3) is 11.5 Å². The normalized spacial score (nSPS) is 11.6. The van der Waals surface area contributed by atoms with E-state index >= 15 is 0 Å². The van der Waals surface area contributed by atoms with E-state index in [-0.39, 0.29) is 0 Å². The van der Waals surface area contributed by atoms with Gasteiger partial charge in [-0.15, -0.1) is 0 Å². The van der Waals surface area contributed by atoms with Crippen LogP contribution in [0.15, 0.2) is 58.4 Å². The third kappa shape index (κ3) is 4.75. The summed E-state index contributed by atoms with van der Waals surface area (Å²) in [6.45, 7) is 6.09. The zero-order valence-corrected chi connectivity index (χ0v) is 15.5. The second-order valence-electron chi connectivity index (χ2n) is 6.24. The molecule has 3 aromatic rings. The first kappa shape index (κ1) is 17.8. The fourth-order valence-electron chi connectivity index (χ4n) is 2.56. The number of aliphatic imine (C=N–C) groups is 1. The van der Waals surface area contributed by atoms with Crippen molar-refractivity contribution in [1.82, 2.24) is 20.2 Å². The van der Waals surface area contributed by atoms with Gasteiger partial charge in [0, 0.05) is 31.5 Å². The van der Waals surface area contributed by atoms with Gasteiger partial charge in [-0.1, -0.05) is 17.7 Å². The standard InChI is InChI=1S/C20H25N5O/c1-4-21-20(22-11-16-9-10-25(3)13-16)23-12-18-14-26-19(24-18)17-7-5-15(2)6-8-17/h5-10,13-14H,4,11-12H2,1-3H3,(H2,21,22,23). The molecule has 0 saturated carbocycles. The molecular weight excluding hydrogens is 326 g/mol. The highest BCUT2D eigenvalue weighted by molar-refractivity contribution is 5.79. The minimum absolute atomic E-state index is 0.552. The molecule has 2 N–H and O–H groups in total. The second kappa shape index (κ2) is 8.38. The molecule has 0 fully saturated rings. The average Bonchev–Trinajstić information content (AvgIpc) is 3.27. The van der Waals surface area contributed by atoms with Gasteiger partial charge >= 0.3 is 0 Å². The van der Waals surface area contributed by atoms with Crippen LogP contribution in [0.4, 0.5) is 0 Å². The number of nitrogens with zero attached hydrogens (tertiary/aromatic N) is 3. The highest BCUT2D eigenvalue weighted by Crippen LogP contribution is 2.18. The molecule has 0 unspecified atom stereocenters. The van der Waals surface area contributed by atoms with Gasteiger partial charge in [-0.05, 0) is 37.6 Å². The molecule has 0 bridgehead atoms. The fraction of sp³-hybridized carbons (Fsp3) is 0.300. The van der Waals surface area contributed by atoms with E-state index < -0.39 is 0 Å². The Morgan fingerprint density at radius 1 is 1.19 bits per heavy atom. The summed E-state index contributed by atoms with van der Waals surface area (Å²) in [5.74, 6) is 1.39. The molecule has 0 aliphatic heterocycles. The monoisotopic (exact) mass is 351 g/mol. The average molecular weight is 351 g/mol. The van der Waals surface area contributed by atoms with Crippen molar-refractivity contribution in [3.63, 3.8) is 0 Å². The molecule has 3 rings (SSSR count). The molecule has 0 atom stereocenters. The molecule has 2 heterocycles. The number of benzene rings is 1. The molecule has 6 nitrogen and oxygen atoms in total. The van der Waals surface area contributed by atoms with E-state index in [1.54, 1.807) is 6.26 Å². The number of aryl methyl sites for hydroxylation is 2. The summed E-state index contributed by atoms with van der Waals surface area (Å²) in [7, 11) is 2.01. The molecule has 0 amide bonds.